The van der Waals surface area contributed by atoms with E-state index >= 15 is 0 Å². The van der Waals surface area contributed by atoms with Gasteiger partial charge in [0.25, 0.3) is 0 Å². The highest BCUT2D eigenvalue weighted by Gasteiger charge is 2.39. The quantitative estimate of drug-likeness (QED) is 0.832. The fourth-order valence-electron chi connectivity index (χ4n) is 2.97. The zero-order chi connectivity index (χ0) is 14.0. The third kappa shape index (κ3) is 3.35. The van der Waals surface area contributed by atoms with Gasteiger partial charge in [0.2, 0.25) is 0 Å². The first-order valence-corrected chi connectivity index (χ1v) is 7.94. The molecule has 108 valence electrons. The van der Waals surface area contributed by atoms with Crippen molar-refractivity contribution in [3.05, 3.63) is 0 Å². The summed E-state index contributed by atoms with van der Waals surface area (Å²) in [5.74, 6) is 0.855. The van der Waals surface area contributed by atoms with Gasteiger partial charge in [0.15, 0.2) is 0 Å². The van der Waals surface area contributed by atoms with Gasteiger partial charge >= 0.3 is 12.0 Å². The number of urea groups is 1. The number of carbonyl (C=O) groups excluding carboxylic acids is 1. The molecule has 1 heterocycles. The Hall–Kier alpha value is -0.910. The van der Waals surface area contributed by atoms with Crippen LogP contribution in [0.4, 0.5) is 4.79 Å². The molecule has 0 spiro atoms. The van der Waals surface area contributed by atoms with E-state index in [-0.39, 0.29) is 11.4 Å². The molecule has 0 aromatic rings. The predicted molar refractivity (Wildman–Crippen MR) is 75.1 cm³/mol. The molecule has 0 radical (unpaired) electrons. The molecule has 0 aromatic carbocycles. The largest absolute Gasteiger partial charge is 0.480 e. The van der Waals surface area contributed by atoms with Gasteiger partial charge in [-0.25, -0.2) is 9.59 Å². The predicted octanol–water partition coefficient (Wildman–Crippen LogP) is 1.98. The van der Waals surface area contributed by atoms with Crippen LogP contribution in [0.3, 0.4) is 0 Å². The molecule has 2 amide bonds. The number of nitrogens with one attached hydrogen (secondary N) is 1. The van der Waals surface area contributed by atoms with Crippen molar-refractivity contribution in [2.45, 2.75) is 44.5 Å². The topological polar surface area (TPSA) is 69.6 Å². The number of carboxylic acid groups (broad SMARTS) is 1. The summed E-state index contributed by atoms with van der Waals surface area (Å²) in [4.78, 5) is 24.7. The monoisotopic (exact) mass is 286 g/mol. The lowest BCUT2D eigenvalue weighted by molar-refractivity contribution is -0.141. The van der Waals surface area contributed by atoms with Crippen molar-refractivity contribution in [2.24, 2.45) is 11.8 Å². The number of amides is 2. The molecule has 1 aliphatic heterocycles. The maximum absolute atomic E-state index is 12.1. The summed E-state index contributed by atoms with van der Waals surface area (Å²) in [5.41, 5.74) is 0. The average Bonchev–Trinajstić information content (AvgIpc) is 2.92. The van der Waals surface area contributed by atoms with Crippen molar-refractivity contribution in [3.63, 3.8) is 0 Å². The van der Waals surface area contributed by atoms with Gasteiger partial charge in [-0.1, -0.05) is 13.3 Å². The van der Waals surface area contributed by atoms with Crippen LogP contribution < -0.4 is 5.32 Å². The summed E-state index contributed by atoms with van der Waals surface area (Å²) >= 11 is 1.51. The van der Waals surface area contributed by atoms with E-state index in [1.807, 2.05) is 6.92 Å². The molecule has 1 aliphatic carbocycles. The lowest BCUT2D eigenvalue weighted by Gasteiger charge is -2.26. The van der Waals surface area contributed by atoms with Crippen molar-refractivity contribution >= 4 is 23.8 Å². The number of thioether (sulfide) groups is 1. The summed E-state index contributed by atoms with van der Waals surface area (Å²) < 4.78 is 0. The van der Waals surface area contributed by atoms with Crippen LogP contribution in [0, 0.1) is 11.8 Å². The van der Waals surface area contributed by atoms with Crippen molar-refractivity contribution < 1.29 is 14.7 Å². The van der Waals surface area contributed by atoms with Gasteiger partial charge in [-0.15, -0.1) is 11.8 Å². The molecule has 2 rings (SSSR count). The lowest BCUT2D eigenvalue weighted by Crippen LogP contribution is -2.50. The van der Waals surface area contributed by atoms with E-state index in [4.69, 9.17) is 5.11 Å². The molecular weight excluding hydrogens is 264 g/mol. The number of rotatable bonds is 3. The summed E-state index contributed by atoms with van der Waals surface area (Å²) in [5, 5.41) is 12.0. The van der Waals surface area contributed by atoms with E-state index in [1.54, 1.807) is 0 Å². The normalized spacial score (nSPS) is 34.5. The van der Waals surface area contributed by atoms with Crippen LogP contribution in [-0.4, -0.2) is 45.7 Å². The van der Waals surface area contributed by atoms with E-state index in [0.717, 1.165) is 18.8 Å². The molecular formula is C13H22N2O3S. The van der Waals surface area contributed by atoms with E-state index < -0.39 is 12.0 Å². The van der Waals surface area contributed by atoms with Crippen LogP contribution >= 0.6 is 11.8 Å². The Kier molecular flexibility index (Phi) is 4.60. The van der Waals surface area contributed by atoms with E-state index in [9.17, 15) is 9.59 Å². The Morgan fingerprint density at radius 3 is 2.68 bits per heavy atom. The van der Waals surface area contributed by atoms with E-state index in [2.05, 4.69) is 12.2 Å². The molecule has 2 N–H and O–H groups in total. The Balaban J connectivity index is 1.86. The Labute approximate surface area is 118 Å². The van der Waals surface area contributed by atoms with Gasteiger partial charge in [-0.3, -0.25) is 4.90 Å². The van der Waals surface area contributed by atoms with Crippen LogP contribution in [0.2, 0.25) is 0 Å². The third-order valence-corrected chi connectivity index (χ3v) is 5.31. The summed E-state index contributed by atoms with van der Waals surface area (Å²) in [6.07, 6.45) is 3.55. The molecule has 4 unspecified atom stereocenters. The van der Waals surface area contributed by atoms with Crippen molar-refractivity contribution in [1.29, 1.82) is 0 Å². The highest BCUT2D eigenvalue weighted by molar-refractivity contribution is 8.00. The highest BCUT2D eigenvalue weighted by atomic mass is 32.2. The average molecular weight is 286 g/mol. The zero-order valence-electron chi connectivity index (χ0n) is 11.5. The Morgan fingerprint density at radius 2 is 2.11 bits per heavy atom. The minimum Gasteiger partial charge on any atom is -0.480 e. The number of aliphatic carboxylic acids is 1. The molecule has 2 aliphatic rings. The molecule has 1 saturated heterocycles. The van der Waals surface area contributed by atoms with Crippen molar-refractivity contribution in [3.8, 4) is 0 Å². The second kappa shape index (κ2) is 6.03. The first-order valence-electron chi connectivity index (χ1n) is 6.89. The number of nitrogens with zero attached hydrogens (tertiary/aromatic N) is 1. The summed E-state index contributed by atoms with van der Waals surface area (Å²) in [6, 6.07) is -0.924. The molecule has 2 fully saturated rings. The maximum Gasteiger partial charge on any atom is 0.327 e. The van der Waals surface area contributed by atoms with Crippen LogP contribution in [0.1, 0.15) is 33.1 Å². The fraction of sp³-hybridized carbons (Fsp3) is 0.846. The fourth-order valence-corrected chi connectivity index (χ4v) is 4.14. The van der Waals surface area contributed by atoms with Gasteiger partial charge < -0.3 is 10.4 Å². The molecule has 0 bridgehead atoms. The molecule has 1 saturated carbocycles. The van der Waals surface area contributed by atoms with Gasteiger partial charge in [0.1, 0.15) is 6.04 Å². The maximum atomic E-state index is 12.1. The molecule has 6 heteroatoms. The van der Waals surface area contributed by atoms with E-state index in [0.29, 0.717) is 18.2 Å². The van der Waals surface area contributed by atoms with Crippen LogP contribution in [-0.2, 0) is 4.79 Å². The minimum absolute atomic E-state index is 0.0661. The highest BCUT2D eigenvalue weighted by Crippen LogP contribution is 2.31. The van der Waals surface area contributed by atoms with Crippen LogP contribution in [0.25, 0.3) is 0 Å². The second-order valence-corrected chi connectivity index (χ2v) is 7.01. The molecule has 5 nitrogen and oxygen atoms in total. The first kappa shape index (κ1) is 14.5. The van der Waals surface area contributed by atoms with Crippen molar-refractivity contribution in [2.75, 3.05) is 12.3 Å². The van der Waals surface area contributed by atoms with E-state index in [1.165, 1.54) is 23.1 Å². The first-order chi connectivity index (χ1) is 8.99. The standard InChI is InChI=1S/C13H22N2O3S/c1-8-3-4-10(5-8)6-14-13(18)15-9(2)19-7-11(15)12(16)17/h8-11H,3-7H2,1-2H3,(H,14,18)(H,16,17). The van der Waals surface area contributed by atoms with Crippen molar-refractivity contribution in [1.82, 2.24) is 10.2 Å². The smallest absolute Gasteiger partial charge is 0.327 e. The van der Waals surface area contributed by atoms with Gasteiger partial charge in [-0.05, 0) is 31.6 Å². The molecule has 4 atom stereocenters. The van der Waals surface area contributed by atoms with Gasteiger partial charge in [0.05, 0.1) is 5.37 Å². The third-order valence-electron chi connectivity index (χ3n) is 4.09. The Bertz CT molecular complexity index is 364. The number of carbonyl (C=O) groups is 2. The molecule has 0 aromatic heterocycles. The number of carboxylic acids is 1. The zero-order valence-corrected chi connectivity index (χ0v) is 12.3. The summed E-state index contributed by atoms with van der Waals surface area (Å²) in [6.45, 7) is 4.79. The van der Waals surface area contributed by atoms with Crippen LogP contribution in [0.5, 0.6) is 0 Å². The SMILES string of the molecule is CC1CCC(CNC(=O)N2C(C)SCC2C(=O)O)C1. The Morgan fingerprint density at radius 1 is 1.37 bits per heavy atom. The summed E-state index contributed by atoms with van der Waals surface area (Å²) in [7, 11) is 0. The van der Waals surface area contributed by atoms with Gasteiger partial charge in [-0.2, -0.15) is 0 Å². The second-order valence-electron chi connectivity index (χ2n) is 5.66. The number of hydrogen-bond donors (Lipinski definition) is 2. The van der Waals surface area contributed by atoms with Crippen LogP contribution in [0.15, 0.2) is 0 Å². The number of hydrogen-bond acceptors (Lipinski definition) is 3. The lowest BCUT2D eigenvalue weighted by atomic mass is 10.1. The van der Waals surface area contributed by atoms with Gasteiger partial charge in [0, 0.05) is 12.3 Å². The molecule has 19 heavy (non-hydrogen) atoms. The minimum atomic E-state index is -0.915.